The van der Waals surface area contributed by atoms with Crippen LogP contribution in [0.15, 0.2) is 82.6 Å². The lowest BCUT2D eigenvalue weighted by Crippen LogP contribution is -2.36. The van der Waals surface area contributed by atoms with Crippen molar-refractivity contribution in [3.63, 3.8) is 0 Å². The molecule has 0 bridgehead atoms. The number of carbonyl (C=O) groups excluding carboxylic acids is 1. The number of amides is 1. The van der Waals surface area contributed by atoms with Gasteiger partial charge in [-0.05, 0) is 59.7 Å². The molecule has 10 heteroatoms. The van der Waals surface area contributed by atoms with Crippen LogP contribution in [0.3, 0.4) is 0 Å². The van der Waals surface area contributed by atoms with Gasteiger partial charge in [0.1, 0.15) is 11.4 Å². The molecule has 202 valence electrons. The van der Waals surface area contributed by atoms with Crippen molar-refractivity contribution in [3.8, 4) is 0 Å². The molecule has 1 N–H and O–H groups in total. The number of pyridine rings is 1. The summed E-state index contributed by atoms with van der Waals surface area (Å²) in [4.78, 5) is 34.7. The maximum Gasteiger partial charge on any atom is 0.260 e. The number of carbonyl (C=O) groups is 1. The predicted octanol–water partition coefficient (Wildman–Crippen LogP) is 5.07. The maximum absolute atomic E-state index is 13.8. The summed E-state index contributed by atoms with van der Waals surface area (Å²) in [6, 6.07) is 19.4. The standard InChI is InChI=1S/C29H27Cl2N3O4S/c30-22-4-1-20(2-5-22)18-34(19-39(37)24-8-6-23(31)7-9-24)29(36)26-16-32-27-10-3-21(15-25(27)28(26)35)17-33-11-13-38-14-12-33/h1-10,15-16H,11-14,17-19H2,(H,32,35). The molecule has 1 aliphatic rings. The Balaban J connectivity index is 1.45. The van der Waals surface area contributed by atoms with E-state index >= 15 is 0 Å². The van der Waals surface area contributed by atoms with Crippen LogP contribution in [0.1, 0.15) is 21.5 Å². The van der Waals surface area contributed by atoms with E-state index in [1.165, 1.54) is 11.1 Å². The fourth-order valence-electron chi connectivity index (χ4n) is 4.50. The Bertz CT molecular complexity index is 1550. The highest BCUT2D eigenvalue weighted by molar-refractivity contribution is 7.85. The molecule has 0 spiro atoms. The Hall–Kier alpha value is -3.01. The van der Waals surface area contributed by atoms with Gasteiger partial charge < -0.3 is 14.6 Å². The number of benzene rings is 3. The molecule has 1 amide bonds. The van der Waals surface area contributed by atoms with Gasteiger partial charge in [-0.15, -0.1) is 0 Å². The van der Waals surface area contributed by atoms with E-state index in [2.05, 4.69) is 9.88 Å². The van der Waals surface area contributed by atoms with Gasteiger partial charge in [0.2, 0.25) is 5.43 Å². The van der Waals surface area contributed by atoms with E-state index in [1.807, 2.05) is 18.2 Å². The number of fused-ring (bicyclic) bond motifs is 1. The minimum atomic E-state index is -1.54. The minimum Gasteiger partial charge on any atom is -0.379 e. The summed E-state index contributed by atoms with van der Waals surface area (Å²) < 4.78 is 18.7. The zero-order valence-electron chi connectivity index (χ0n) is 21.1. The summed E-state index contributed by atoms with van der Waals surface area (Å²) in [6.07, 6.45) is 1.44. The van der Waals surface area contributed by atoms with Crippen molar-refractivity contribution in [2.75, 3.05) is 32.2 Å². The first-order chi connectivity index (χ1) is 18.9. The molecule has 1 fully saturated rings. The van der Waals surface area contributed by atoms with Gasteiger partial charge >= 0.3 is 0 Å². The van der Waals surface area contributed by atoms with Gasteiger partial charge in [-0.1, -0.05) is 41.4 Å². The first-order valence-electron chi connectivity index (χ1n) is 12.5. The zero-order valence-corrected chi connectivity index (χ0v) is 23.4. The number of rotatable bonds is 8. The molecule has 2 heterocycles. The quantitative estimate of drug-likeness (QED) is 0.313. The number of halogens is 2. The number of ether oxygens (including phenoxy) is 1. The molecule has 1 atom stereocenters. The van der Waals surface area contributed by atoms with Gasteiger partial charge in [0.15, 0.2) is 0 Å². The molecule has 7 nitrogen and oxygen atoms in total. The van der Waals surface area contributed by atoms with Crippen molar-refractivity contribution >= 4 is 50.8 Å². The summed E-state index contributed by atoms with van der Waals surface area (Å²) in [6.45, 7) is 3.89. The molecule has 1 aromatic heterocycles. The second-order valence-corrected chi connectivity index (χ2v) is 11.7. The van der Waals surface area contributed by atoms with Crippen molar-refractivity contribution in [2.45, 2.75) is 18.0 Å². The largest absolute Gasteiger partial charge is 0.379 e. The number of aromatic amines is 1. The number of nitrogens with one attached hydrogen (secondary N) is 1. The Morgan fingerprint density at radius 1 is 0.949 bits per heavy atom. The normalized spacial score (nSPS) is 14.8. The Labute approximate surface area is 238 Å². The van der Waals surface area contributed by atoms with E-state index < -0.39 is 16.7 Å². The first-order valence-corrected chi connectivity index (χ1v) is 14.6. The van der Waals surface area contributed by atoms with Gasteiger partial charge in [-0.3, -0.25) is 18.7 Å². The lowest BCUT2D eigenvalue weighted by molar-refractivity contribution is 0.0342. The van der Waals surface area contributed by atoms with Crippen molar-refractivity contribution in [3.05, 3.63) is 110 Å². The highest BCUT2D eigenvalue weighted by atomic mass is 35.5. The number of hydrogen-bond donors (Lipinski definition) is 1. The fourth-order valence-corrected chi connectivity index (χ4v) is 5.83. The van der Waals surface area contributed by atoms with Crippen LogP contribution in [0.2, 0.25) is 10.0 Å². The summed E-state index contributed by atoms with van der Waals surface area (Å²) in [5, 5.41) is 1.54. The van der Waals surface area contributed by atoms with Crippen LogP contribution in [0, 0.1) is 0 Å². The monoisotopic (exact) mass is 583 g/mol. The Morgan fingerprint density at radius 3 is 2.28 bits per heavy atom. The molecule has 0 aliphatic carbocycles. The van der Waals surface area contributed by atoms with Crippen molar-refractivity contribution < 1.29 is 13.7 Å². The third-order valence-electron chi connectivity index (χ3n) is 6.61. The van der Waals surface area contributed by atoms with E-state index in [0.717, 1.165) is 24.2 Å². The maximum atomic E-state index is 13.8. The van der Waals surface area contributed by atoms with Gasteiger partial charge in [-0.2, -0.15) is 0 Å². The van der Waals surface area contributed by atoms with Gasteiger partial charge in [-0.25, -0.2) is 0 Å². The predicted molar refractivity (Wildman–Crippen MR) is 155 cm³/mol. The second kappa shape index (κ2) is 12.4. The topological polar surface area (TPSA) is 82.7 Å². The molecular weight excluding hydrogens is 557 g/mol. The van der Waals surface area contributed by atoms with Gasteiger partial charge in [0.05, 0.1) is 24.0 Å². The zero-order chi connectivity index (χ0) is 27.4. The molecule has 3 aromatic carbocycles. The van der Waals surface area contributed by atoms with Gasteiger partial charge in [0.25, 0.3) is 5.91 Å². The number of morpholine rings is 1. The smallest absolute Gasteiger partial charge is 0.260 e. The third-order valence-corrected chi connectivity index (χ3v) is 8.46. The molecular formula is C29H27Cl2N3O4S. The van der Waals surface area contributed by atoms with Crippen LogP contribution in [0.25, 0.3) is 10.9 Å². The summed E-state index contributed by atoms with van der Waals surface area (Å²) >= 11 is 12.0. The highest BCUT2D eigenvalue weighted by Gasteiger charge is 2.23. The lowest BCUT2D eigenvalue weighted by Gasteiger charge is -2.26. The molecule has 39 heavy (non-hydrogen) atoms. The lowest BCUT2D eigenvalue weighted by atomic mass is 10.1. The van der Waals surface area contributed by atoms with Crippen LogP contribution in [-0.4, -0.2) is 57.1 Å². The molecule has 1 unspecified atom stereocenters. The summed E-state index contributed by atoms with van der Waals surface area (Å²) in [5.74, 6) is -0.605. The molecule has 5 rings (SSSR count). The number of H-pyrrole nitrogens is 1. The summed E-state index contributed by atoms with van der Waals surface area (Å²) in [5.41, 5.74) is 2.06. The first kappa shape index (κ1) is 27.6. The number of aromatic nitrogens is 1. The molecule has 0 radical (unpaired) electrons. The Morgan fingerprint density at radius 2 is 1.59 bits per heavy atom. The molecule has 1 aliphatic heterocycles. The number of nitrogens with zero attached hydrogens (tertiary/aromatic N) is 2. The van der Waals surface area contributed by atoms with E-state index in [0.29, 0.717) is 45.6 Å². The van der Waals surface area contributed by atoms with E-state index in [9.17, 15) is 13.8 Å². The second-order valence-electron chi connectivity index (χ2n) is 9.36. The highest BCUT2D eigenvalue weighted by Crippen LogP contribution is 2.19. The van der Waals surface area contributed by atoms with Crippen LogP contribution < -0.4 is 5.43 Å². The van der Waals surface area contributed by atoms with E-state index in [-0.39, 0.29) is 23.4 Å². The van der Waals surface area contributed by atoms with Crippen molar-refractivity contribution in [1.29, 1.82) is 0 Å². The number of hydrogen-bond acceptors (Lipinski definition) is 5. The molecule has 1 saturated heterocycles. The van der Waals surface area contributed by atoms with Crippen LogP contribution in [0.4, 0.5) is 0 Å². The van der Waals surface area contributed by atoms with E-state index in [1.54, 1.807) is 48.5 Å². The summed E-state index contributed by atoms with van der Waals surface area (Å²) in [7, 11) is -1.54. The fraction of sp³-hybridized carbons (Fsp3) is 0.241. The third kappa shape index (κ3) is 6.77. The van der Waals surface area contributed by atoms with Crippen molar-refractivity contribution in [2.24, 2.45) is 0 Å². The average Bonchev–Trinajstić information content (AvgIpc) is 2.95. The van der Waals surface area contributed by atoms with Crippen LogP contribution in [-0.2, 0) is 28.6 Å². The minimum absolute atomic E-state index is 0.00640. The molecule has 0 saturated carbocycles. The van der Waals surface area contributed by atoms with E-state index in [4.69, 9.17) is 27.9 Å². The Kier molecular flexibility index (Phi) is 8.79. The van der Waals surface area contributed by atoms with Crippen LogP contribution in [0.5, 0.6) is 0 Å². The SMILES string of the molecule is O=C(c1c[nH]c2ccc(CN3CCOCC3)cc2c1=O)N(Cc1ccc(Cl)cc1)CS(=O)c1ccc(Cl)cc1. The van der Waals surface area contributed by atoms with Crippen LogP contribution >= 0.6 is 23.2 Å². The van der Waals surface area contributed by atoms with Gasteiger partial charge in [0, 0.05) is 58.2 Å². The average molecular weight is 585 g/mol. The van der Waals surface area contributed by atoms with Crippen molar-refractivity contribution in [1.82, 2.24) is 14.8 Å². The molecule has 4 aromatic rings.